The van der Waals surface area contributed by atoms with Crippen molar-refractivity contribution >= 4 is 28.9 Å². The number of rotatable bonds is 9. The van der Waals surface area contributed by atoms with E-state index >= 15 is 0 Å². The lowest BCUT2D eigenvalue weighted by Crippen LogP contribution is -2.08. The van der Waals surface area contributed by atoms with Gasteiger partial charge in [0.2, 0.25) is 0 Å². The van der Waals surface area contributed by atoms with Gasteiger partial charge in [-0.15, -0.1) is 0 Å². The molecule has 0 aliphatic rings. The summed E-state index contributed by atoms with van der Waals surface area (Å²) >= 11 is 11.2. The topological polar surface area (TPSA) is 40.0 Å². The van der Waals surface area contributed by atoms with Gasteiger partial charge in [0.25, 0.3) is 0 Å². The Morgan fingerprint density at radius 3 is 2.46 bits per heavy atom. The van der Waals surface area contributed by atoms with Crippen molar-refractivity contribution in [3.05, 3.63) is 33.8 Å². The first-order valence-electron chi connectivity index (χ1n) is 7.85. The van der Waals surface area contributed by atoms with Crippen LogP contribution in [0, 0.1) is 6.92 Å². The number of hydrogen-bond acceptors (Lipinski definition) is 4. The number of ether oxygens (including phenoxy) is 2. The second kappa shape index (κ2) is 10.5. The van der Waals surface area contributed by atoms with E-state index in [2.05, 4.69) is 19.0 Å². The van der Waals surface area contributed by atoms with E-state index in [4.69, 9.17) is 37.5 Å². The van der Waals surface area contributed by atoms with Crippen LogP contribution in [0.3, 0.4) is 0 Å². The fourth-order valence-corrected chi connectivity index (χ4v) is 2.16. The van der Waals surface area contributed by atoms with Gasteiger partial charge < -0.3 is 14.3 Å². The summed E-state index contributed by atoms with van der Waals surface area (Å²) in [7, 11) is 0. The zero-order valence-corrected chi connectivity index (χ0v) is 16.4. The maximum atomic E-state index is 5.90. The third-order valence-electron chi connectivity index (χ3n) is 3.05. The summed E-state index contributed by atoms with van der Waals surface area (Å²) in [6, 6.07) is 3.92. The first-order valence-corrected chi connectivity index (χ1v) is 8.61. The predicted octanol–water partition coefficient (Wildman–Crippen LogP) is 5.61. The van der Waals surface area contributed by atoms with Gasteiger partial charge >= 0.3 is 0 Å². The SMILES string of the molecule is CC(C)=NOCCOc1c(C)cc(OCC=C(Cl)Cl)cc1C(C)C. The molecule has 0 heterocycles. The molecule has 0 aliphatic carbocycles. The second-order valence-corrected chi connectivity index (χ2v) is 6.85. The highest BCUT2D eigenvalue weighted by Crippen LogP contribution is 2.34. The molecule has 0 unspecified atom stereocenters. The zero-order valence-electron chi connectivity index (χ0n) is 14.9. The minimum atomic E-state index is 0.195. The van der Waals surface area contributed by atoms with Crippen LogP contribution in [0.4, 0.5) is 0 Å². The molecule has 0 N–H and O–H groups in total. The highest BCUT2D eigenvalue weighted by atomic mass is 35.5. The molecule has 4 nitrogen and oxygen atoms in total. The summed E-state index contributed by atoms with van der Waals surface area (Å²) in [6.07, 6.45) is 1.60. The number of nitrogens with zero attached hydrogens (tertiary/aromatic N) is 1. The molecule has 0 atom stereocenters. The molecular weight excluding hydrogens is 349 g/mol. The van der Waals surface area contributed by atoms with Crippen LogP contribution >= 0.6 is 23.2 Å². The largest absolute Gasteiger partial charge is 0.489 e. The molecule has 1 aromatic rings. The van der Waals surface area contributed by atoms with Crippen LogP contribution in [0.1, 0.15) is 44.7 Å². The van der Waals surface area contributed by atoms with Crippen LogP contribution in [0.2, 0.25) is 0 Å². The van der Waals surface area contributed by atoms with E-state index in [1.165, 1.54) is 0 Å². The maximum absolute atomic E-state index is 5.90. The van der Waals surface area contributed by atoms with Gasteiger partial charge in [-0.1, -0.05) is 42.2 Å². The van der Waals surface area contributed by atoms with E-state index < -0.39 is 0 Å². The van der Waals surface area contributed by atoms with E-state index in [0.29, 0.717) is 25.7 Å². The molecule has 0 spiro atoms. The summed E-state index contributed by atoms with van der Waals surface area (Å²) in [5.74, 6) is 1.92. The van der Waals surface area contributed by atoms with Crippen molar-refractivity contribution in [2.24, 2.45) is 5.16 Å². The Morgan fingerprint density at radius 2 is 1.88 bits per heavy atom. The van der Waals surface area contributed by atoms with Crippen LogP contribution in [-0.2, 0) is 4.84 Å². The van der Waals surface area contributed by atoms with E-state index in [9.17, 15) is 0 Å². The lowest BCUT2D eigenvalue weighted by atomic mass is 9.99. The minimum absolute atomic E-state index is 0.195. The lowest BCUT2D eigenvalue weighted by Gasteiger charge is -2.18. The van der Waals surface area contributed by atoms with Gasteiger partial charge in [-0.3, -0.25) is 0 Å². The van der Waals surface area contributed by atoms with Crippen molar-refractivity contribution in [3.8, 4) is 11.5 Å². The van der Waals surface area contributed by atoms with E-state index in [1.54, 1.807) is 6.08 Å². The second-order valence-electron chi connectivity index (χ2n) is 5.84. The molecule has 0 aromatic heterocycles. The molecule has 1 aromatic carbocycles. The zero-order chi connectivity index (χ0) is 18.1. The predicted molar refractivity (Wildman–Crippen MR) is 101 cm³/mol. The smallest absolute Gasteiger partial charge is 0.151 e. The van der Waals surface area contributed by atoms with E-state index in [-0.39, 0.29) is 4.49 Å². The van der Waals surface area contributed by atoms with Gasteiger partial charge in [0.1, 0.15) is 29.2 Å². The maximum Gasteiger partial charge on any atom is 0.151 e. The quantitative estimate of drug-likeness (QED) is 0.321. The third-order valence-corrected chi connectivity index (χ3v) is 3.36. The summed E-state index contributed by atoms with van der Waals surface area (Å²) in [5.41, 5.74) is 2.97. The van der Waals surface area contributed by atoms with Gasteiger partial charge in [0.05, 0.1) is 5.71 Å². The summed E-state index contributed by atoms with van der Waals surface area (Å²) < 4.78 is 11.8. The highest BCUT2D eigenvalue weighted by molar-refractivity contribution is 6.55. The molecular formula is C18H25Cl2NO3. The van der Waals surface area contributed by atoms with Gasteiger partial charge in [-0.25, -0.2) is 0 Å². The van der Waals surface area contributed by atoms with Crippen molar-refractivity contribution in [1.82, 2.24) is 0 Å². The van der Waals surface area contributed by atoms with Gasteiger partial charge in [-0.05, 0) is 50.5 Å². The molecule has 0 aliphatic heterocycles. The van der Waals surface area contributed by atoms with Crippen LogP contribution in [0.25, 0.3) is 0 Å². The van der Waals surface area contributed by atoms with Crippen molar-refractivity contribution < 1.29 is 14.3 Å². The Bertz CT molecular complexity index is 590. The highest BCUT2D eigenvalue weighted by Gasteiger charge is 2.13. The van der Waals surface area contributed by atoms with E-state index in [1.807, 2.05) is 32.9 Å². The molecule has 0 radical (unpaired) electrons. The number of benzene rings is 1. The number of hydrogen-bond donors (Lipinski definition) is 0. The van der Waals surface area contributed by atoms with Gasteiger partial charge in [0, 0.05) is 5.56 Å². The van der Waals surface area contributed by atoms with Crippen molar-refractivity contribution in [3.63, 3.8) is 0 Å². The van der Waals surface area contributed by atoms with Crippen molar-refractivity contribution in [2.75, 3.05) is 19.8 Å². The summed E-state index contributed by atoms with van der Waals surface area (Å²) in [4.78, 5) is 5.16. The van der Waals surface area contributed by atoms with Gasteiger partial charge in [-0.2, -0.15) is 0 Å². The van der Waals surface area contributed by atoms with Crippen LogP contribution in [0.5, 0.6) is 11.5 Å². The molecule has 24 heavy (non-hydrogen) atoms. The van der Waals surface area contributed by atoms with Crippen LogP contribution in [0.15, 0.2) is 27.9 Å². The first-order chi connectivity index (χ1) is 11.3. The van der Waals surface area contributed by atoms with Crippen molar-refractivity contribution in [2.45, 2.75) is 40.5 Å². The number of oxime groups is 1. The Labute approximate surface area is 154 Å². The van der Waals surface area contributed by atoms with Crippen LogP contribution < -0.4 is 9.47 Å². The molecule has 0 saturated heterocycles. The minimum Gasteiger partial charge on any atom is -0.489 e. The lowest BCUT2D eigenvalue weighted by molar-refractivity contribution is 0.106. The monoisotopic (exact) mass is 373 g/mol. The Morgan fingerprint density at radius 1 is 1.17 bits per heavy atom. The standard InChI is InChI=1S/C18H25Cl2NO3/c1-12(2)16-11-15(22-7-6-17(19)20)10-14(5)18(16)23-8-9-24-21-13(3)4/h6,10-12H,7-9H2,1-5H3. The molecule has 0 amide bonds. The molecule has 0 saturated carbocycles. The third kappa shape index (κ3) is 7.45. The normalized spacial score (nSPS) is 10.3. The molecule has 0 fully saturated rings. The molecule has 1 rings (SSSR count). The Hall–Kier alpha value is -1.39. The fourth-order valence-electron chi connectivity index (χ4n) is 2.03. The first kappa shape index (κ1) is 20.7. The Kier molecular flexibility index (Phi) is 9.01. The van der Waals surface area contributed by atoms with E-state index in [0.717, 1.165) is 28.3 Å². The fraction of sp³-hybridized carbons (Fsp3) is 0.500. The average molecular weight is 374 g/mol. The van der Waals surface area contributed by atoms with Crippen molar-refractivity contribution in [1.29, 1.82) is 0 Å². The number of halogens is 2. The summed E-state index contributed by atoms with van der Waals surface area (Å²) in [6.45, 7) is 11.1. The average Bonchev–Trinajstić information content (AvgIpc) is 2.47. The molecule has 0 bridgehead atoms. The molecule has 134 valence electrons. The van der Waals surface area contributed by atoms with Crippen LogP contribution in [-0.4, -0.2) is 25.5 Å². The summed E-state index contributed by atoms with van der Waals surface area (Å²) in [5, 5.41) is 3.89. The van der Waals surface area contributed by atoms with Gasteiger partial charge in [0.15, 0.2) is 6.61 Å². The Balaban J connectivity index is 2.80. The number of aryl methyl sites for hydroxylation is 1. The molecule has 6 heteroatoms.